The Kier molecular flexibility index (Phi) is 5.39. The van der Waals surface area contributed by atoms with Crippen molar-refractivity contribution in [2.75, 3.05) is 0 Å². The summed E-state index contributed by atoms with van der Waals surface area (Å²) in [6.07, 6.45) is 6.51. The van der Waals surface area contributed by atoms with Crippen LogP contribution < -0.4 is 0 Å². The summed E-state index contributed by atoms with van der Waals surface area (Å²) in [5.41, 5.74) is 0.150. The fourth-order valence-electron chi connectivity index (χ4n) is 8.26. The lowest BCUT2D eigenvalue weighted by molar-refractivity contribution is -0.161. The van der Waals surface area contributed by atoms with Crippen molar-refractivity contribution >= 4 is 29.1 Å². The van der Waals surface area contributed by atoms with E-state index in [0.717, 1.165) is 44.1 Å². The minimum absolute atomic E-state index is 0.0378. The maximum atomic E-state index is 13.2. The topological polar surface area (TPSA) is 60.4 Å². The van der Waals surface area contributed by atoms with Crippen molar-refractivity contribution in [1.29, 1.82) is 0 Å². The Morgan fingerprint density at radius 1 is 0.970 bits per heavy atom. The van der Waals surface area contributed by atoms with Gasteiger partial charge in [0, 0.05) is 11.8 Å². The van der Waals surface area contributed by atoms with Crippen molar-refractivity contribution in [3.63, 3.8) is 0 Å². The molecule has 1 aromatic carbocycles. The lowest BCUT2D eigenvalue weighted by atomic mass is 9.46. The number of ketones is 2. The molecule has 176 valence electrons. The number of carbonyl (C=O) groups excluding carboxylic acids is 3. The number of benzene rings is 1. The zero-order valence-corrected chi connectivity index (χ0v) is 20.5. The molecule has 0 spiro atoms. The first-order chi connectivity index (χ1) is 15.6. The maximum Gasteiger partial charge on any atom is 0.339 e. The lowest BCUT2D eigenvalue weighted by Gasteiger charge is -2.59. The van der Waals surface area contributed by atoms with Gasteiger partial charge in [0.25, 0.3) is 0 Å². The van der Waals surface area contributed by atoms with Crippen LogP contribution in [0.4, 0.5) is 0 Å². The third kappa shape index (κ3) is 3.12. The van der Waals surface area contributed by atoms with E-state index in [1.807, 2.05) is 18.2 Å². The standard InChI is InChI=1S/C28H33ClO4/c1-17(30)28(33-25(32)18-7-5-4-6-8-18)16-12-21-19-9-10-22-24(29)23(31)13-14-26(22,2)20(19)11-15-27(21,28)3/h4-8,19-21H,9-16H2,1-3H3/t19-,20+,21+,26-,27+,28+/m1/s1. The van der Waals surface area contributed by atoms with Crippen LogP contribution in [0.1, 0.15) is 82.5 Å². The van der Waals surface area contributed by atoms with Crippen LogP contribution in [0.2, 0.25) is 0 Å². The van der Waals surface area contributed by atoms with Crippen molar-refractivity contribution in [1.82, 2.24) is 0 Å². The van der Waals surface area contributed by atoms with Crippen LogP contribution >= 0.6 is 11.6 Å². The summed E-state index contributed by atoms with van der Waals surface area (Å²) in [5, 5.41) is 0.483. The smallest absolute Gasteiger partial charge is 0.339 e. The fourth-order valence-corrected chi connectivity index (χ4v) is 8.66. The van der Waals surface area contributed by atoms with Gasteiger partial charge in [-0.3, -0.25) is 9.59 Å². The molecule has 0 heterocycles. The second-order valence-electron chi connectivity index (χ2n) is 11.2. The summed E-state index contributed by atoms with van der Waals surface area (Å²) in [5.74, 6) is 0.865. The monoisotopic (exact) mass is 468 g/mol. The summed E-state index contributed by atoms with van der Waals surface area (Å²) < 4.78 is 6.20. The van der Waals surface area contributed by atoms with Gasteiger partial charge in [0.2, 0.25) is 0 Å². The Morgan fingerprint density at radius 2 is 1.67 bits per heavy atom. The van der Waals surface area contributed by atoms with Crippen LogP contribution in [0.25, 0.3) is 0 Å². The molecule has 6 atom stereocenters. The Hall–Kier alpha value is -1.94. The number of rotatable bonds is 3. The molecular formula is C28H33ClO4. The average Bonchev–Trinajstić information content (AvgIpc) is 3.10. The zero-order valence-electron chi connectivity index (χ0n) is 19.8. The molecule has 0 amide bonds. The second-order valence-corrected chi connectivity index (χ2v) is 11.6. The first-order valence-corrected chi connectivity index (χ1v) is 12.7. The molecule has 0 unspecified atom stereocenters. The summed E-state index contributed by atoms with van der Waals surface area (Å²) >= 11 is 6.53. The quantitative estimate of drug-likeness (QED) is 0.490. The Labute approximate surface area is 201 Å². The normalized spacial score (nSPS) is 40.0. The van der Waals surface area contributed by atoms with Gasteiger partial charge in [-0.05, 0) is 92.7 Å². The van der Waals surface area contributed by atoms with E-state index >= 15 is 0 Å². The van der Waals surface area contributed by atoms with Gasteiger partial charge < -0.3 is 4.74 Å². The SMILES string of the molecule is CC(=O)[C@@]1(OC(=O)c2ccccc2)CC[C@H]2[C@@H]3CCC4=C(Cl)C(=O)CC[C@]4(C)[C@H]3CC[C@@]21C. The van der Waals surface area contributed by atoms with E-state index in [-0.39, 0.29) is 22.4 Å². The molecule has 0 aliphatic heterocycles. The highest BCUT2D eigenvalue weighted by molar-refractivity contribution is 6.43. The van der Waals surface area contributed by atoms with Crippen LogP contribution in [0.3, 0.4) is 0 Å². The van der Waals surface area contributed by atoms with E-state index in [1.165, 1.54) is 0 Å². The number of fused-ring (bicyclic) bond motifs is 5. The molecule has 33 heavy (non-hydrogen) atoms. The molecule has 4 nitrogen and oxygen atoms in total. The molecule has 0 bridgehead atoms. The van der Waals surface area contributed by atoms with Gasteiger partial charge in [-0.1, -0.05) is 43.6 Å². The minimum Gasteiger partial charge on any atom is -0.447 e. The first-order valence-electron chi connectivity index (χ1n) is 12.4. The van der Waals surface area contributed by atoms with Gasteiger partial charge in [-0.15, -0.1) is 0 Å². The summed E-state index contributed by atoms with van der Waals surface area (Å²) in [7, 11) is 0. The van der Waals surface area contributed by atoms with Gasteiger partial charge in [0.05, 0.1) is 10.6 Å². The van der Waals surface area contributed by atoms with E-state index in [9.17, 15) is 14.4 Å². The van der Waals surface area contributed by atoms with Crippen LogP contribution in [-0.4, -0.2) is 23.1 Å². The molecule has 5 rings (SSSR count). The zero-order chi connectivity index (χ0) is 23.6. The third-order valence-corrected chi connectivity index (χ3v) is 10.5. The molecule has 3 saturated carbocycles. The highest BCUT2D eigenvalue weighted by Crippen LogP contribution is 2.68. The van der Waals surface area contributed by atoms with E-state index in [4.69, 9.17) is 16.3 Å². The summed E-state index contributed by atoms with van der Waals surface area (Å²) in [4.78, 5) is 38.6. The number of hydrogen-bond donors (Lipinski definition) is 0. The van der Waals surface area contributed by atoms with Gasteiger partial charge in [0.1, 0.15) is 0 Å². The number of hydrogen-bond acceptors (Lipinski definition) is 4. The van der Waals surface area contributed by atoms with Crippen molar-refractivity contribution in [2.24, 2.45) is 28.6 Å². The Bertz CT molecular complexity index is 1050. The number of ether oxygens (including phenoxy) is 1. The first kappa shape index (κ1) is 22.8. The van der Waals surface area contributed by atoms with Crippen LogP contribution in [0, 0.1) is 28.6 Å². The summed E-state index contributed by atoms with van der Waals surface area (Å²) in [6.45, 7) is 6.08. The Balaban J connectivity index is 1.48. The fraction of sp³-hybridized carbons (Fsp3) is 0.607. The number of esters is 1. The van der Waals surface area contributed by atoms with Crippen molar-refractivity contribution in [3.8, 4) is 0 Å². The van der Waals surface area contributed by atoms with Crippen molar-refractivity contribution in [3.05, 3.63) is 46.5 Å². The highest BCUT2D eigenvalue weighted by atomic mass is 35.5. The minimum atomic E-state index is -1.08. The molecule has 4 aliphatic carbocycles. The average molecular weight is 469 g/mol. The van der Waals surface area contributed by atoms with E-state index in [0.29, 0.717) is 41.2 Å². The molecule has 0 saturated heterocycles. The highest BCUT2D eigenvalue weighted by Gasteiger charge is 2.68. The summed E-state index contributed by atoms with van der Waals surface area (Å²) in [6, 6.07) is 8.98. The molecule has 5 heteroatoms. The van der Waals surface area contributed by atoms with Crippen LogP contribution in [-0.2, 0) is 14.3 Å². The van der Waals surface area contributed by atoms with E-state index in [2.05, 4.69) is 13.8 Å². The Morgan fingerprint density at radius 3 is 2.36 bits per heavy atom. The number of halogens is 1. The van der Waals surface area contributed by atoms with Gasteiger partial charge in [-0.25, -0.2) is 4.79 Å². The predicted octanol–water partition coefficient (Wildman–Crippen LogP) is 6.27. The molecule has 3 fully saturated rings. The van der Waals surface area contributed by atoms with Gasteiger partial charge in [0.15, 0.2) is 17.2 Å². The molecule has 0 N–H and O–H groups in total. The van der Waals surface area contributed by atoms with Crippen LogP contribution in [0.15, 0.2) is 40.9 Å². The van der Waals surface area contributed by atoms with Crippen molar-refractivity contribution in [2.45, 2.75) is 77.7 Å². The molecule has 0 radical (unpaired) electrons. The second kappa shape index (κ2) is 7.80. The predicted molar refractivity (Wildman–Crippen MR) is 127 cm³/mol. The maximum absolute atomic E-state index is 13.2. The molecule has 1 aromatic rings. The lowest BCUT2D eigenvalue weighted by Crippen LogP contribution is -2.58. The molecular weight excluding hydrogens is 436 g/mol. The van der Waals surface area contributed by atoms with Crippen LogP contribution in [0.5, 0.6) is 0 Å². The van der Waals surface area contributed by atoms with E-state index < -0.39 is 11.6 Å². The number of Topliss-reactive ketones (excluding diaryl/α,β-unsaturated/α-hetero) is 2. The number of carbonyl (C=O) groups is 3. The van der Waals surface area contributed by atoms with Gasteiger partial charge in [-0.2, -0.15) is 0 Å². The number of allylic oxidation sites excluding steroid dienone is 1. The van der Waals surface area contributed by atoms with Gasteiger partial charge >= 0.3 is 5.97 Å². The van der Waals surface area contributed by atoms with E-state index in [1.54, 1.807) is 19.1 Å². The van der Waals surface area contributed by atoms with Crippen molar-refractivity contribution < 1.29 is 19.1 Å². The molecule has 4 aliphatic rings. The third-order valence-electron chi connectivity index (χ3n) is 10.0. The molecule has 0 aromatic heterocycles. The largest absolute Gasteiger partial charge is 0.447 e.